The summed E-state index contributed by atoms with van der Waals surface area (Å²) < 4.78 is 18.3. The van der Waals surface area contributed by atoms with Crippen LogP contribution < -0.4 is 20.2 Å². The number of carbonyl (C=O) groups is 1. The summed E-state index contributed by atoms with van der Waals surface area (Å²) in [6.45, 7) is 1.74. The molecule has 0 fully saturated rings. The Labute approximate surface area is 374 Å². The van der Waals surface area contributed by atoms with Crippen LogP contribution in [0.25, 0.3) is 0 Å². The summed E-state index contributed by atoms with van der Waals surface area (Å²) >= 11 is 1.23. The molecule has 8 rings (SSSR count). The molecule has 0 aliphatic rings. The normalized spacial score (nSPS) is 12.1. The van der Waals surface area contributed by atoms with E-state index in [1.165, 1.54) is 17.4 Å². The number of aryl methyl sites for hydroxylation is 1. The molecule has 1 atom stereocenters. The van der Waals surface area contributed by atoms with Crippen molar-refractivity contribution in [2.75, 3.05) is 12.4 Å². The number of pyridine rings is 1. The molecule has 8 aromatic rings. The average molecular weight is 869 g/mol. The Morgan fingerprint density at radius 1 is 0.766 bits per heavy atom. The van der Waals surface area contributed by atoms with Gasteiger partial charge in [0.15, 0.2) is 10.9 Å². The number of rotatable bonds is 18. The topological polar surface area (TPSA) is 144 Å². The Morgan fingerprint density at radius 2 is 1.28 bits per heavy atom. The molecule has 0 aliphatic carbocycles. The van der Waals surface area contributed by atoms with Gasteiger partial charge in [-0.15, -0.1) is 11.3 Å². The summed E-state index contributed by atoms with van der Waals surface area (Å²) in [4.78, 5) is 41.1. The van der Waals surface area contributed by atoms with Crippen LogP contribution >= 0.6 is 11.3 Å². The van der Waals surface area contributed by atoms with Gasteiger partial charge in [-0.05, 0) is 52.4 Å². The van der Waals surface area contributed by atoms with Gasteiger partial charge in [-0.2, -0.15) is 0 Å². The maximum Gasteiger partial charge on any atom is 0.360 e. The lowest BCUT2D eigenvalue weighted by molar-refractivity contribution is -0.171. The first-order valence-electron chi connectivity index (χ1n) is 20.4. The maximum absolute atomic E-state index is 13.8. The molecule has 320 valence electrons. The van der Waals surface area contributed by atoms with Crippen molar-refractivity contribution in [3.8, 4) is 11.5 Å². The van der Waals surface area contributed by atoms with Crippen LogP contribution in [-0.2, 0) is 26.5 Å². The zero-order valence-corrected chi connectivity index (χ0v) is 35.8. The molecular formula is C52H44N4O7S. The second kappa shape index (κ2) is 19.9. The molecule has 11 nitrogen and oxygen atoms in total. The van der Waals surface area contributed by atoms with Gasteiger partial charge in [0.05, 0.1) is 7.11 Å². The van der Waals surface area contributed by atoms with Gasteiger partial charge in [0, 0.05) is 17.1 Å². The molecule has 2 aromatic heterocycles. The monoisotopic (exact) mass is 868 g/mol. The third kappa shape index (κ3) is 9.63. The minimum absolute atomic E-state index is 0.0192. The van der Waals surface area contributed by atoms with Gasteiger partial charge < -0.3 is 34.5 Å². The first-order valence-corrected chi connectivity index (χ1v) is 21.3. The molecule has 12 heteroatoms. The third-order valence-corrected chi connectivity index (χ3v) is 11.3. The van der Waals surface area contributed by atoms with Gasteiger partial charge in [-0.25, -0.2) is 9.78 Å². The number of aliphatic carboxylic acids is 1. The van der Waals surface area contributed by atoms with Crippen molar-refractivity contribution < 1.29 is 28.9 Å². The van der Waals surface area contributed by atoms with Crippen LogP contribution in [0.5, 0.6) is 11.5 Å². The molecule has 0 saturated heterocycles. The van der Waals surface area contributed by atoms with Crippen molar-refractivity contribution in [1.82, 2.24) is 9.97 Å². The molecule has 0 radical (unpaired) electrons. The molecular weight excluding hydrogens is 825 g/mol. The number of ether oxygens (including phenoxy) is 3. The molecule has 64 heavy (non-hydrogen) atoms. The number of nitrogens with one attached hydrogen (secondary N) is 2. The minimum Gasteiger partial charge on any atom is -0.497 e. The second-order valence-corrected chi connectivity index (χ2v) is 15.6. The second-order valence-electron chi connectivity index (χ2n) is 14.7. The van der Waals surface area contributed by atoms with Crippen molar-refractivity contribution in [3.05, 3.63) is 248 Å². The number of aromatic nitrogens is 2. The smallest absolute Gasteiger partial charge is 0.360 e. The minimum atomic E-state index is -1.50. The van der Waals surface area contributed by atoms with Crippen LogP contribution in [0.4, 0.5) is 5.13 Å². The maximum atomic E-state index is 13.8. The quantitative estimate of drug-likeness (QED) is 0.0332. The average Bonchev–Trinajstić information content (AvgIpc) is 3.80. The summed E-state index contributed by atoms with van der Waals surface area (Å²) in [6, 6.07) is 57.7. The van der Waals surface area contributed by atoms with E-state index in [2.05, 4.69) is 15.5 Å². The number of nitrogens with zero attached hydrogens (tertiary/aromatic N) is 2. The molecule has 0 amide bonds. The highest BCUT2D eigenvalue weighted by molar-refractivity contribution is 7.14. The van der Waals surface area contributed by atoms with Crippen LogP contribution in [0, 0.1) is 6.92 Å². The van der Waals surface area contributed by atoms with Crippen molar-refractivity contribution >= 4 is 28.1 Å². The van der Waals surface area contributed by atoms with Gasteiger partial charge in [-0.1, -0.05) is 169 Å². The molecule has 0 bridgehead atoms. The first-order chi connectivity index (χ1) is 31.3. The fraction of sp³-hybridized carbons (Fsp3) is 0.115. The van der Waals surface area contributed by atoms with E-state index < -0.39 is 35.0 Å². The number of thiazole rings is 1. The zero-order valence-electron chi connectivity index (χ0n) is 35.0. The zero-order chi connectivity index (χ0) is 44.3. The largest absolute Gasteiger partial charge is 0.497 e. The predicted octanol–water partition coefficient (Wildman–Crippen LogP) is 10.4. The van der Waals surface area contributed by atoms with E-state index in [1.807, 2.05) is 164 Å². The summed E-state index contributed by atoms with van der Waals surface area (Å²) in [5.41, 5.74) is 3.93. The van der Waals surface area contributed by atoms with Gasteiger partial charge in [0.25, 0.3) is 6.29 Å². The Bertz CT molecular complexity index is 2720. The highest BCUT2D eigenvalue weighted by Gasteiger charge is 2.37. The van der Waals surface area contributed by atoms with E-state index in [0.29, 0.717) is 16.6 Å². The number of anilines is 1. The predicted molar refractivity (Wildman–Crippen MR) is 248 cm³/mol. The third-order valence-electron chi connectivity index (χ3n) is 10.5. The van der Waals surface area contributed by atoms with Crippen LogP contribution in [0.15, 0.2) is 197 Å². The Hall–Kier alpha value is -7.80. The SMILES string of the molecule is COc1ccc(COc2c(C(ON=C(C(=O)O)c3csc(NC(c4ccccc4)(c4ccccc4)c4ccccc4)n3)OC(c3ccccc3)c3ccccc3)[nH]c(C)cc2=O)cc1. The molecule has 0 spiro atoms. The Morgan fingerprint density at radius 3 is 1.78 bits per heavy atom. The fourth-order valence-electron chi connectivity index (χ4n) is 7.44. The Kier molecular flexibility index (Phi) is 13.4. The standard InChI is InChI=1S/C52H44N4O7S/c1-35-32-44(57)48(61-33-36-28-30-42(60-2)31-29-36)46(53-35)50(62-47(37-18-8-3-9-19-37)38-20-10-4-11-21-38)63-56-45(49(58)59)43-34-64-51(54-43)55-52(39-22-12-5-13-23-39,40-24-14-6-15-25-40)41-26-16-7-17-27-41/h3-32,34,47,50H,33H2,1-2H3,(H,53,57)(H,54,55)(H,58,59). The summed E-state index contributed by atoms with van der Waals surface area (Å²) in [7, 11) is 1.58. The van der Waals surface area contributed by atoms with Crippen LogP contribution in [-0.4, -0.2) is 33.9 Å². The molecule has 6 aromatic carbocycles. The summed E-state index contributed by atoms with van der Waals surface area (Å²) in [5, 5.41) is 20.7. The first kappa shape index (κ1) is 42.9. The van der Waals surface area contributed by atoms with Gasteiger partial charge in [0.2, 0.25) is 11.1 Å². The van der Waals surface area contributed by atoms with Crippen LogP contribution in [0.3, 0.4) is 0 Å². The molecule has 2 heterocycles. The lowest BCUT2D eigenvalue weighted by Gasteiger charge is -2.36. The number of carboxylic acids is 1. The van der Waals surface area contributed by atoms with Crippen LogP contribution in [0.2, 0.25) is 0 Å². The van der Waals surface area contributed by atoms with Crippen LogP contribution in [0.1, 0.15) is 62.9 Å². The number of benzene rings is 6. The van der Waals surface area contributed by atoms with E-state index in [0.717, 1.165) is 33.4 Å². The number of oxime groups is 1. The van der Waals surface area contributed by atoms with Crippen molar-refractivity contribution in [2.45, 2.75) is 31.5 Å². The van der Waals surface area contributed by atoms with Gasteiger partial charge in [0.1, 0.15) is 35.4 Å². The number of methoxy groups -OCH3 is 1. The van der Waals surface area contributed by atoms with E-state index >= 15 is 0 Å². The number of aromatic amines is 1. The summed E-state index contributed by atoms with van der Waals surface area (Å²) in [6.07, 6.45) is -2.26. The Balaban J connectivity index is 1.20. The number of carboxylic acid groups (broad SMARTS) is 1. The summed E-state index contributed by atoms with van der Waals surface area (Å²) in [5.74, 6) is -0.810. The van der Waals surface area contributed by atoms with E-state index in [9.17, 15) is 14.7 Å². The van der Waals surface area contributed by atoms with Crippen molar-refractivity contribution in [1.29, 1.82) is 0 Å². The highest BCUT2D eigenvalue weighted by Crippen LogP contribution is 2.41. The molecule has 0 aliphatic heterocycles. The van der Waals surface area contributed by atoms with E-state index in [-0.39, 0.29) is 23.7 Å². The fourth-order valence-corrected chi connectivity index (χ4v) is 8.19. The lowest BCUT2D eigenvalue weighted by Crippen LogP contribution is -2.38. The molecule has 0 saturated carbocycles. The number of hydrogen-bond donors (Lipinski definition) is 3. The molecule has 3 N–H and O–H groups in total. The highest BCUT2D eigenvalue weighted by atomic mass is 32.1. The van der Waals surface area contributed by atoms with Crippen molar-refractivity contribution in [2.24, 2.45) is 5.16 Å². The van der Waals surface area contributed by atoms with E-state index in [4.69, 9.17) is 24.0 Å². The lowest BCUT2D eigenvalue weighted by atomic mass is 9.77. The van der Waals surface area contributed by atoms with Crippen molar-refractivity contribution in [3.63, 3.8) is 0 Å². The van der Waals surface area contributed by atoms with Gasteiger partial charge >= 0.3 is 5.97 Å². The molecule has 1 unspecified atom stereocenters. The number of H-pyrrole nitrogens is 1. The van der Waals surface area contributed by atoms with Gasteiger partial charge in [-0.3, -0.25) is 4.79 Å². The van der Waals surface area contributed by atoms with E-state index in [1.54, 1.807) is 31.5 Å². The number of hydrogen-bond acceptors (Lipinski definition) is 10.